The number of nitrogens with zero attached hydrogens (tertiary/aromatic N) is 3. The van der Waals surface area contributed by atoms with Gasteiger partial charge in [-0.2, -0.15) is 5.10 Å². The largest absolute Gasteiger partial charge is 0.353 e. The Morgan fingerprint density at radius 2 is 2.32 bits per heavy atom. The Balaban J connectivity index is 1.70. The summed E-state index contributed by atoms with van der Waals surface area (Å²) in [4.78, 5) is 16.0. The smallest absolute Gasteiger partial charge is 0.244 e. The molecule has 1 amide bonds. The highest BCUT2D eigenvalue weighted by Gasteiger charge is 2.06. The molecule has 0 spiro atoms. The molecule has 118 valence electrons. The number of aryl methyl sites for hydroxylation is 2. The molecule has 0 radical (unpaired) electrons. The van der Waals surface area contributed by atoms with Crippen LogP contribution in [0.25, 0.3) is 6.08 Å². The molecule has 0 saturated heterocycles. The Morgan fingerprint density at radius 1 is 1.50 bits per heavy atom. The molecule has 0 bridgehead atoms. The van der Waals surface area contributed by atoms with Crippen LogP contribution in [0.2, 0.25) is 0 Å². The van der Waals surface area contributed by atoms with E-state index in [1.165, 1.54) is 0 Å². The Morgan fingerprint density at radius 3 is 2.95 bits per heavy atom. The van der Waals surface area contributed by atoms with Gasteiger partial charge in [0.25, 0.3) is 0 Å². The Labute approximate surface area is 138 Å². The minimum atomic E-state index is -0.0677. The van der Waals surface area contributed by atoms with Crippen molar-refractivity contribution >= 4 is 35.1 Å². The fourth-order valence-electron chi connectivity index (χ4n) is 1.97. The molecule has 7 heteroatoms. The van der Waals surface area contributed by atoms with Gasteiger partial charge in [-0.05, 0) is 26.3 Å². The van der Waals surface area contributed by atoms with E-state index in [1.54, 1.807) is 29.2 Å². The van der Waals surface area contributed by atoms with Gasteiger partial charge in [-0.15, -0.1) is 11.3 Å². The minimum absolute atomic E-state index is 0.0677. The summed E-state index contributed by atoms with van der Waals surface area (Å²) in [5.41, 5.74) is 3.00. The number of hydrogen-bond acceptors (Lipinski definition) is 5. The zero-order valence-corrected chi connectivity index (χ0v) is 14.6. The number of thioether (sulfide) groups is 1. The van der Waals surface area contributed by atoms with Crippen LogP contribution in [0, 0.1) is 13.8 Å². The minimum Gasteiger partial charge on any atom is -0.353 e. The van der Waals surface area contributed by atoms with Crippen molar-refractivity contribution in [3.8, 4) is 0 Å². The molecule has 2 aromatic heterocycles. The summed E-state index contributed by atoms with van der Waals surface area (Å²) >= 11 is 3.37. The van der Waals surface area contributed by atoms with Crippen LogP contribution in [-0.4, -0.2) is 33.0 Å². The van der Waals surface area contributed by atoms with Crippen molar-refractivity contribution in [3.63, 3.8) is 0 Å². The second-order valence-electron chi connectivity index (χ2n) is 4.83. The van der Waals surface area contributed by atoms with E-state index < -0.39 is 0 Å². The Bertz CT molecular complexity index is 647. The zero-order chi connectivity index (χ0) is 15.9. The van der Waals surface area contributed by atoms with Gasteiger partial charge in [0.05, 0.1) is 5.69 Å². The average Bonchev–Trinajstić information content (AvgIpc) is 3.07. The van der Waals surface area contributed by atoms with Crippen molar-refractivity contribution in [2.75, 3.05) is 12.3 Å². The second kappa shape index (κ2) is 8.14. The summed E-state index contributed by atoms with van der Waals surface area (Å²) in [6.45, 7) is 4.61. The van der Waals surface area contributed by atoms with Crippen LogP contribution in [0.15, 0.2) is 22.0 Å². The van der Waals surface area contributed by atoms with Crippen molar-refractivity contribution in [1.82, 2.24) is 20.1 Å². The molecular formula is C15H20N4OS2. The lowest BCUT2D eigenvalue weighted by Crippen LogP contribution is -2.22. The van der Waals surface area contributed by atoms with Gasteiger partial charge in [0, 0.05) is 48.3 Å². The number of nitrogens with one attached hydrogen (secondary N) is 1. The third-order valence-electron chi connectivity index (χ3n) is 3.22. The number of carbonyl (C=O) groups is 1. The van der Waals surface area contributed by atoms with Crippen LogP contribution in [0.1, 0.15) is 23.4 Å². The third-order valence-corrected chi connectivity index (χ3v) is 5.27. The molecule has 2 rings (SSSR count). The van der Waals surface area contributed by atoms with E-state index in [9.17, 15) is 4.79 Å². The normalized spacial score (nSPS) is 11.2. The molecule has 0 atom stereocenters. The van der Waals surface area contributed by atoms with Crippen LogP contribution >= 0.6 is 23.1 Å². The van der Waals surface area contributed by atoms with E-state index in [2.05, 4.69) is 15.4 Å². The molecule has 0 aliphatic heterocycles. The van der Waals surface area contributed by atoms with Crippen molar-refractivity contribution < 1.29 is 4.79 Å². The molecule has 2 heterocycles. The van der Waals surface area contributed by atoms with Gasteiger partial charge in [0.15, 0.2) is 0 Å². The van der Waals surface area contributed by atoms with E-state index in [1.807, 2.05) is 43.2 Å². The molecule has 22 heavy (non-hydrogen) atoms. The molecule has 2 aromatic rings. The number of rotatable bonds is 7. The van der Waals surface area contributed by atoms with Gasteiger partial charge in [-0.25, -0.2) is 4.98 Å². The molecule has 0 saturated carbocycles. The SMILES string of the molecule is Cc1nn(C)c(C)c1C=CC(=O)NCCCSc1nccs1. The van der Waals surface area contributed by atoms with Crippen molar-refractivity contribution in [1.29, 1.82) is 0 Å². The second-order valence-corrected chi connectivity index (χ2v) is 7.07. The molecular weight excluding hydrogens is 316 g/mol. The van der Waals surface area contributed by atoms with E-state index in [0.717, 1.165) is 33.5 Å². The molecule has 1 N–H and O–H groups in total. The highest BCUT2D eigenvalue weighted by molar-refractivity contribution is 8.00. The topological polar surface area (TPSA) is 59.8 Å². The molecule has 0 aliphatic carbocycles. The Kier molecular flexibility index (Phi) is 6.21. The Hall–Kier alpha value is -1.60. The van der Waals surface area contributed by atoms with E-state index in [-0.39, 0.29) is 5.91 Å². The predicted octanol–water partition coefficient (Wildman–Crippen LogP) is 2.81. The van der Waals surface area contributed by atoms with Gasteiger partial charge >= 0.3 is 0 Å². The third kappa shape index (κ3) is 4.71. The van der Waals surface area contributed by atoms with Crippen LogP contribution in [0.3, 0.4) is 0 Å². The lowest BCUT2D eigenvalue weighted by Gasteiger charge is -2.01. The van der Waals surface area contributed by atoms with Crippen molar-refractivity contribution in [2.45, 2.75) is 24.6 Å². The van der Waals surface area contributed by atoms with E-state index in [0.29, 0.717) is 6.54 Å². The maximum Gasteiger partial charge on any atom is 0.244 e. The summed E-state index contributed by atoms with van der Waals surface area (Å²) in [6, 6.07) is 0. The summed E-state index contributed by atoms with van der Waals surface area (Å²) in [7, 11) is 1.90. The average molecular weight is 336 g/mol. The highest BCUT2D eigenvalue weighted by atomic mass is 32.2. The summed E-state index contributed by atoms with van der Waals surface area (Å²) in [5.74, 6) is 0.889. The standard InChI is InChI=1S/C15H20N4OS2/c1-11-13(12(2)19(3)18-11)5-6-14(20)16-7-4-9-21-15-17-8-10-22-15/h5-6,8,10H,4,7,9H2,1-3H3,(H,16,20). The number of amides is 1. The van der Waals surface area contributed by atoms with Gasteiger partial charge in [0.2, 0.25) is 5.91 Å². The quantitative estimate of drug-likeness (QED) is 0.480. The van der Waals surface area contributed by atoms with Gasteiger partial charge in [0.1, 0.15) is 4.34 Å². The molecule has 0 fully saturated rings. The monoisotopic (exact) mass is 336 g/mol. The number of hydrogen-bond donors (Lipinski definition) is 1. The number of thiazole rings is 1. The fourth-order valence-corrected chi connectivity index (χ4v) is 3.62. The fraction of sp³-hybridized carbons (Fsp3) is 0.400. The number of aromatic nitrogens is 3. The first kappa shape index (κ1) is 16.8. The highest BCUT2D eigenvalue weighted by Crippen LogP contribution is 2.20. The summed E-state index contributed by atoms with van der Waals surface area (Å²) in [5, 5.41) is 9.19. The molecule has 5 nitrogen and oxygen atoms in total. The maximum absolute atomic E-state index is 11.8. The summed E-state index contributed by atoms with van der Waals surface area (Å²) < 4.78 is 2.90. The van der Waals surface area contributed by atoms with Crippen LogP contribution in [0.4, 0.5) is 0 Å². The first-order chi connectivity index (χ1) is 10.6. The van der Waals surface area contributed by atoms with Crippen LogP contribution < -0.4 is 5.32 Å². The van der Waals surface area contributed by atoms with Gasteiger partial charge in [-0.1, -0.05) is 11.8 Å². The zero-order valence-electron chi connectivity index (χ0n) is 13.0. The van der Waals surface area contributed by atoms with Gasteiger partial charge in [-0.3, -0.25) is 9.48 Å². The lowest BCUT2D eigenvalue weighted by atomic mass is 10.2. The van der Waals surface area contributed by atoms with Crippen molar-refractivity contribution in [2.24, 2.45) is 7.05 Å². The molecule has 0 aromatic carbocycles. The molecule has 0 unspecified atom stereocenters. The first-order valence-electron chi connectivity index (χ1n) is 7.06. The van der Waals surface area contributed by atoms with Crippen LogP contribution in [-0.2, 0) is 11.8 Å². The first-order valence-corrected chi connectivity index (χ1v) is 8.93. The predicted molar refractivity (Wildman–Crippen MR) is 92.2 cm³/mol. The summed E-state index contributed by atoms with van der Waals surface area (Å²) in [6.07, 6.45) is 6.14. The van der Waals surface area contributed by atoms with Gasteiger partial charge < -0.3 is 5.32 Å². The maximum atomic E-state index is 11.8. The van der Waals surface area contributed by atoms with Crippen molar-refractivity contribution in [3.05, 3.63) is 34.6 Å². The van der Waals surface area contributed by atoms with E-state index >= 15 is 0 Å². The lowest BCUT2D eigenvalue weighted by molar-refractivity contribution is -0.116. The van der Waals surface area contributed by atoms with Crippen LogP contribution in [0.5, 0.6) is 0 Å². The number of carbonyl (C=O) groups excluding carboxylic acids is 1. The van der Waals surface area contributed by atoms with E-state index in [4.69, 9.17) is 0 Å². The molecule has 0 aliphatic rings.